The van der Waals surface area contributed by atoms with Gasteiger partial charge in [0.15, 0.2) is 6.10 Å². The Kier molecular flexibility index (Phi) is 46.0. The molecule has 0 saturated heterocycles. The summed E-state index contributed by atoms with van der Waals surface area (Å²) in [6, 6.07) is 0. The van der Waals surface area contributed by atoms with Gasteiger partial charge in [0.05, 0.1) is 6.42 Å². The highest BCUT2D eigenvalue weighted by molar-refractivity contribution is 5.72. The van der Waals surface area contributed by atoms with Crippen LogP contribution in [0.15, 0.2) is 97.2 Å². The smallest absolute Gasteiger partial charge is 0.310 e. The molecular weight excluding hydrogens is 757 g/mol. The van der Waals surface area contributed by atoms with Crippen molar-refractivity contribution in [3.8, 4) is 0 Å². The lowest BCUT2D eigenvalue weighted by Gasteiger charge is -2.18. The fourth-order valence-electron chi connectivity index (χ4n) is 6.37. The van der Waals surface area contributed by atoms with Crippen LogP contribution in [-0.4, -0.2) is 37.2 Å². The highest BCUT2D eigenvalue weighted by Gasteiger charge is 2.19. The van der Waals surface area contributed by atoms with E-state index in [1.807, 2.05) is 6.08 Å². The van der Waals surface area contributed by atoms with Gasteiger partial charge < -0.3 is 14.2 Å². The average Bonchev–Trinajstić information content (AvgIpc) is 3.26. The minimum atomic E-state index is -0.837. The summed E-state index contributed by atoms with van der Waals surface area (Å²) in [5.41, 5.74) is 0. The van der Waals surface area contributed by atoms with E-state index in [1.54, 1.807) is 6.08 Å². The van der Waals surface area contributed by atoms with E-state index in [4.69, 9.17) is 14.2 Å². The Morgan fingerprint density at radius 3 is 1.16 bits per heavy atom. The summed E-state index contributed by atoms with van der Waals surface area (Å²) in [6.07, 6.45) is 64.2. The van der Waals surface area contributed by atoms with Crippen molar-refractivity contribution in [2.45, 2.75) is 219 Å². The number of carbonyl (C=O) groups is 3. The molecule has 0 spiro atoms. The maximum Gasteiger partial charge on any atom is 0.310 e. The van der Waals surface area contributed by atoms with Gasteiger partial charge in [-0.05, 0) is 96.3 Å². The first-order chi connectivity index (χ1) is 30.0. The molecule has 0 aromatic rings. The van der Waals surface area contributed by atoms with Crippen molar-refractivity contribution in [2.24, 2.45) is 0 Å². The molecule has 0 N–H and O–H groups in total. The van der Waals surface area contributed by atoms with Gasteiger partial charge in [-0.2, -0.15) is 0 Å². The largest absolute Gasteiger partial charge is 0.462 e. The Morgan fingerprint density at radius 2 is 0.721 bits per heavy atom. The molecule has 6 nitrogen and oxygen atoms in total. The Balaban J connectivity index is 4.49. The van der Waals surface area contributed by atoms with Crippen molar-refractivity contribution in [3.63, 3.8) is 0 Å². The van der Waals surface area contributed by atoms with Gasteiger partial charge in [-0.1, -0.05) is 195 Å². The minimum absolute atomic E-state index is 0.0912. The highest BCUT2D eigenvalue weighted by atomic mass is 16.6. The lowest BCUT2D eigenvalue weighted by atomic mass is 10.1. The van der Waals surface area contributed by atoms with Gasteiger partial charge in [-0.3, -0.25) is 14.4 Å². The summed E-state index contributed by atoms with van der Waals surface area (Å²) < 4.78 is 16.6. The highest BCUT2D eigenvalue weighted by Crippen LogP contribution is 2.13. The molecule has 0 bridgehead atoms. The number of esters is 3. The molecule has 0 aliphatic rings. The monoisotopic (exact) mass is 847 g/mol. The number of allylic oxidation sites excluding steroid dienone is 15. The van der Waals surface area contributed by atoms with Crippen molar-refractivity contribution in [1.29, 1.82) is 0 Å². The Morgan fingerprint density at radius 1 is 0.361 bits per heavy atom. The van der Waals surface area contributed by atoms with Crippen LogP contribution < -0.4 is 0 Å². The Bertz CT molecular complexity index is 1250. The van der Waals surface area contributed by atoms with Gasteiger partial charge >= 0.3 is 17.9 Å². The van der Waals surface area contributed by atoms with Gasteiger partial charge in [0.1, 0.15) is 13.2 Å². The Labute approximate surface area is 375 Å². The summed E-state index contributed by atoms with van der Waals surface area (Å²) in [5, 5.41) is 0. The molecule has 0 radical (unpaired) electrons. The fourth-order valence-corrected chi connectivity index (χ4v) is 6.37. The molecule has 0 amide bonds. The molecule has 0 heterocycles. The zero-order valence-corrected chi connectivity index (χ0v) is 39.4. The third kappa shape index (κ3) is 47.2. The molecule has 0 aromatic heterocycles. The van der Waals surface area contributed by atoms with Crippen LogP contribution in [0.4, 0.5) is 0 Å². The van der Waals surface area contributed by atoms with E-state index in [2.05, 4.69) is 106 Å². The van der Waals surface area contributed by atoms with Gasteiger partial charge in [0, 0.05) is 12.8 Å². The molecule has 61 heavy (non-hydrogen) atoms. The van der Waals surface area contributed by atoms with Gasteiger partial charge in [-0.25, -0.2) is 0 Å². The summed E-state index contributed by atoms with van der Waals surface area (Å²) in [5.74, 6) is -1.08. The number of carbonyl (C=O) groups excluding carboxylic acids is 3. The van der Waals surface area contributed by atoms with Crippen LogP contribution in [0.3, 0.4) is 0 Å². The first kappa shape index (κ1) is 57.3. The van der Waals surface area contributed by atoms with E-state index in [1.165, 1.54) is 70.6 Å². The van der Waals surface area contributed by atoms with Crippen molar-refractivity contribution in [2.75, 3.05) is 13.2 Å². The molecule has 6 heteroatoms. The molecule has 0 fully saturated rings. The number of unbranched alkanes of at least 4 members (excludes halogenated alkanes) is 17. The molecule has 0 saturated carbocycles. The lowest BCUT2D eigenvalue weighted by Crippen LogP contribution is -2.30. The maximum absolute atomic E-state index is 12.7. The quantitative estimate of drug-likeness (QED) is 0.0263. The summed E-state index contributed by atoms with van der Waals surface area (Å²) in [4.78, 5) is 37.8. The predicted octanol–water partition coefficient (Wildman–Crippen LogP) is 16.2. The number of ether oxygens (including phenoxy) is 3. The minimum Gasteiger partial charge on any atom is -0.462 e. The van der Waals surface area contributed by atoms with E-state index < -0.39 is 12.1 Å². The average molecular weight is 847 g/mol. The van der Waals surface area contributed by atoms with Crippen molar-refractivity contribution < 1.29 is 28.6 Å². The van der Waals surface area contributed by atoms with Crippen molar-refractivity contribution in [3.05, 3.63) is 97.2 Å². The topological polar surface area (TPSA) is 78.9 Å². The van der Waals surface area contributed by atoms with E-state index in [9.17, 15) is 14.4 Å². The first-order valence-corrected chi connectivity index (χ1v) is 24.7. The molecule has 0 aromatic carbocycles. The van der Waals surface area contributed by atoms with E-state index in [-0.39, 0.29) is 31.6 Å². The third-order valence-electron chi connectivity index (χ3n) is 10.1. The zero-order valence-electron chi connectivity index (χ0n) is 39.4. The first-order valence-electron chi connectivity index (χ1n) is 24.7. The molecule has 1 atom stereocenters. The SMILES string of the molecule is CC/C=C\C/C=C\C/C=C\C/C=C\C/C=C\CC(=O)OC(COC(=O)CCCCCCC/C=C\CCC)COC(=O)CCCCCCCCC/C=C\C/C=C\CCCCCC. The van der Waals surface area contributed by atoms with E-state index in [0.717, 1.165) is 96.3 Å². The van der Waals surface area contributed by atoms with Crippen LogP contribution >= 0.6 is 0 Å². The summed E-state index contributed by atoms with van der Waals surface area (Å²) in [6.45, 7) is 6.33. The van der Waals surface area contributed by atoms with Crippen LogP contribution in [0.1, 0.15) is 213 Å². The van der Waals surface area contributed by atoms with Crippen LogP contribution in [-0.2, 0) is 28.6 Å². The second kappa shape index (κ2) is 49.0. The second-order valence-electron chi connectivity index (χ2n) is 16.0. The van der Waals surface area contributed by atoms with Crippen LogP contribution in [0.25, 0.3) is 0 Å². The summed E-state index contributed by atoms with van der Waals surface area (Å²) >= 11 is 0. The molecule has 0 aliphatic heterocycles. The van der Waals surface area contributed by atoms with Gasteiger partial charge in [0.2, 0.25) is 0 Å². The normalized spacial score (nSPS) is 12.9. The van der Waals surface area contributed by atoms with Crippen LogP contribution in [0.2, 0.25) is 0 Å². The molecule has 0 aliphatic carbocycles. The number of rotatable bonds is 43. The number of hydrogen-bond acceptors (Lipinski definition) is 6. The fraction of sp³-hybridized carbons (Fsp3) is 0.655. The zero-order chi connectivity index (χ0) is 44.4. The van der Waals surface area contributed by atoms with Crippen molar-refractivity contribution in [1.82, 2.24) is 0 Å². The van der Waals surface area contributed by atoms with Crippen LogP contribution in [0.5, 0.6) is 0 Å². The third-order valence-corrected chi connectivity index (χ3v) is 10.1. The maximum atomic E-state index is 12.7. The van der Waals surface area contributed by atoms with E-state index in [0.29, 0.717) is 19.3 Å². The van der Waals surface area contributed by atoms with Gasteiger partial charge in [0.25, 0.3) is 0 Å². The molecule has 1 unspecified atom stereocenters. The van der Waals surface area contributed by atoms with E-state index >= 15 is 0 Å². The predicted molar refractivity (Wildman–Crippen MR) is 260 cm³/mol. The lowest BCUT2D eigenvalue weighted by molar-refractivity contribution is -0.166. The van der Waals surface area contributed by atoms with Gasteiger partial charge in [-0.15, -0.1) is 0 Å². The van der Waals surface area contributed by atoms with Crippen molar-refractivity contribution >= 4 is 17.9 Å². The Hall–Kier alpha value is -3.67. The number of hydrogen-bond donors (Lipinski definition) is 0. The summed E-state index contributed by atoms with van der Waals surface area (Å²) in [7, 11) is 0. The molecule has 346 valence electrons. The molecular formula is C55H90O6. The standard InChI is InChI=1S/C55H90O6/c1-4-7-10-13-16-19-22-24-26-27-28-30-31-33-36-39-42-45-48-54(57)60-51-52(50-59-53(56)47-44-41-38-35-21-18-15-12-9-6-3)61-55(58)49-46-43-40-37-34-32-29-25-23-20-17-14-11-8-5-2/h8,11-12,15,17,19-20,22,25-27,29,34,37,43,46,52H,4-7,9-10,13-14,16,18,21,23-24,28,30-33,35-36,38-42,44-45,47-51H2,1-3H3/b11-8-,15-12-,20-17-,22-19-,27-26-,29-25-,37-34-,46-43-. The second-order valence-corrected chi connectivity index (χ2v) is 16.0. The van der Waals surface area contributed by atoms with Crippen LogP contribution in [0, 0.1) is 0 Å². The molecule has 0 rings (SSSR count).